The zero-order chi connectivity index (χ0) is 18.7. The molecule has 1 heterocycles. The molecule has 26 heavy (non-hydrogen) atoms. The van der Waals surface area contributed by atoms with E-state index < -0.39 is 17.6 Å². The summed E-state index contributed by atoms with van der Waals surface area (Å²) < 4.78 is 12.9. The van der Waals surface area contributed by atoms with E-state index in [1.165, 1.54) is 30.3 Å². The summed E-state index contributed by atoms with van der Waals surface area (Å²) in [6.07, 6.45) is 0.284. The monoisotopic (exact) mass is 355 g/mol. The molecule has 0 aliphatic carbocycles. The number of hydrogen-bond donors (Lipinski definition) is 2. The van der Waals surface area contributed by atoms with Gasteiger partial charge in [-0.05, 0) is 42.5 Å². The minimum atomic E-state index is -0.624. The standard InChI is InChI=1S/C18H14FN3O4/c19-13-6-4-11(5-7-13)17(25)20-21-18(26)12-2-1-3-14(10-12)22-15(23)8-9-16(22)24/h1-7,10H,8-9H2,(H,20,25)(H,21,26). The first-order valence-electron chi connectivity index (χ1n) is 7.78. The highest BCUT2D eigenvalue weighted by molar-refractivity contribution is 6.20. The highest BCUT2D eigenvalue weighted by atomic mass is 19.1. The van der Waals surface area contributed by atoms with Gasteiger partial charge in [-0.15, -0.1) is 0 Å². The van der Waals surface area contributed by atoms with E-state index in [-0.39, 0.29) is 35.8 Å². The third-order valence-corrected chi connectivity index (χ3v) is 3.81. The minimum absolute atomic E-state index is 0.142. The molecular weight excluding hydrogens is 341 g/mol. The topological polar surface area (TPSA) is 95.6 Å². The lowest BCUT2D eigenvalue weighted by Gasteiger charge is -2.15. The number of amides is 4. The van der Waals surface area contributed by atoms with E-state index in [2.05, 4.69) is 10.9 Å². The van der Waals surface area contributed by atoms with Gasteiger partial charge in [0.05, 0.1) is 5.69 Å². The van der Waals surface area contributed by atoms with Gasteiger partial charge in [-0.2, -0.15) is 0 Å². The Labute approximate surface area is 147 Å². The lowest BCUT2D eigenvalue weighted by Crippen LogP contribution is -2.41. The number of carbonyl (C=O) groups excluding carboxylic acids is 4. The zero-order valence-corrected chi connectivity index (χ0v) is 13.5. The van der Waals surface area contributed by atoms with E-state index >= 15 is 0 Å². The predicted molar refractivity (Wildman–Crippen MR) is 89.5 cm³/mol. The molecule has 7 nitrogen and oxygen atoms in total. The van der Waals surface area contributed by atoms with Gasteiger partial charge in [0, 0.05) is 24.0 Å². The first kappa shape index (κ1) is 17.3. The van der Waals surface area contributed by atoms with Crippen LogP contribution in [-0.4, -0.2) is 23.6 Å². The van der Waals surface area contributed by atoms with Crippen LogP contribution >= 0.6 is 0 Å². The molecule has 0 unspecified atom stereocenters. The number of rotatable bonds is 3. The number of anilines is 1. The van der Waals surface area contributed by atoms with Gasteiger partial charge in [0.15, 0.2) is 0 Å². The van der Waals surface area contributed by atoms with Gasteiger partial charge < -0.3 is 0 Å². The minimum Gasteiger partial charge on any atom is -0.274 e. The maximum Gasteiger partial charge on any atom is 0.269 e. The van der Waals surface area contributed by atoms with Crippen LogP contribution in [0.15, 0.2) is 48.5 Å². The summed E-state index contributed by atoms with van der Waals surface area (Å²) in [5.41, 5.74) is 5.08. The summed E-state index contributed by atoms with van der Waals surface area (Å²) in [5, 5.41) is 0. The first-order valence-corrected chi connectivity index (χ1v) is 7.78. The summed E-state index contributed by atoms with van der Waals surface area (Å²) in [4.78, 5) is 48.7. The third-order valence-electron chi connectivity index (χ3n) is 3.81. The number of benzene rings is 2. The number of nitrogens with zero attached hydrogens (tertiary/aromatic N) is 1. The fourth-order valence-corrected chi connectivity index (χ4v) is 2.51. The van der Waals surface area contributed by atoms with Crippen molar-refractivity contribution >= 4 is 29.3 Å². The fraction of sp³-hybridized carbons (Fsp3) is 0.111. The first-order chi connectivity index (χ1) is 12.5. The van der Waals surface area contributed by atoms with Crippen LogP contribution < -0.4 is 15.8 Å². The third kappa shape index (κ3) is 3.59. The van der Waals surface area contributed by atoms with Crippen LogP contribution in [0.5, 0.6) is 0 Å². The van der Waals surface area contributed by atoms with Crippen LogP contribution in [0.4, 0.5) is 10.1 Å². The van der Waals surface area contributed by atoms with E-state index in [0.29, 0.717) is 5.69 Å². The van der Waals surface area contributed by atoms with Crippen molar-refractivity contribution in [3.05, 3.63) is 65.5 Å². The Hall–Kier alpha value is -3.55. The molecule has 0 spiro atoms. The summed E-state index contributed by atoms with van der Waals surface area (Å²) in [6.45, 7) is 0. The molecule has 1 saturated heterocycles. The molecule has 8 heteroatoms. The lowest BCUT2D eigenvalue weighted by atomic mass is 10.2. The Morgan fingerprint density at radius 3 is 2.04 bits per heavy atom. The molecule has 2 aromatic rings. The maximum absolute atomic E-state index is 12.9. The van der Waals surface area contributed by atoms with Crippen LogP contribution in [0.25, 0.3) is 0 Å². The molecule has 1 aliphatic rings. The predicted octanol–water partition coefficient (Wildman–Crippen LogP) is 1.55. The van der Waals surface area contributed by atoms with Gasteiger partial charge in [-0.25, -0.2) is 4.39 Å². The molecule has 2 N–H and O–H groups in total. The average Bonchev–Trinajstić information content (AvgIpc) is 2.98. The van der Waals surface area contributed by atoms with E-state index in [0.717, 1.165) is 17.0 Å². The van der Waals surface area contributed by atoms with Gasteiger partial charge in [0.2, 0.25) is 11.8 Å². The molecule has 0 radical (unpaired) electrons. The van der Waals surface area contributed by atoms with Crippen LogP contribution in [0.1, 0.15) is 33.6 Å². The maximum atomic E-state index is 12.9. The zero-order valence-electron chi connectivity index (χ0n) is 13.5. The summed E-state index contributed by atoms with van der Waals surface area (Å²) in [7, 11) is 0. The summed E-state index contributed by atoms with van der Waals surface area (Å²) in [6, 6.07) is 10.8. The highest BCUT2D eigenvalue weighted by Gasteiger charge is 2.30. The van der Waals surface area contributed by atoms with Crippen molar-refractivity contribution < 1.29 is 23.6 Å². The molecule has 0 saturated carbocycles. The number of halogens is 1. The second-order valence-corrected chi connectivity index (χ2v) is 5.59. The molecule has 4 amide bonds. The van der Waals surface area contributed by atoms with E-state index in [1.54, 1.807) is 6.07 Å². The van der Waals surface area contributed by atoms with E-state index in [1.807, 2.05) is 0 Å². The smallest absolute Gasteiger partial charge is 0.269 e. The van der Waals surface area contributed by atoms with Crippen LogP contribution in [0.3, 0.4) is 0 Å². The Morgan fingerprint density at radius 2 is 1.42 bits per heavy atom. The molecule has 0 atom stereocenters. The second kappa shape index (κ2) is 7.14. The number of imide groups is 1. The number of nitrogens with one attached hydrogen (secondary N) is 2. The van der Waals surface area contributed by atoms with E-state index in [9.17, 15) is 23.6 Å². The van der Waals surface area contributed by atoms with Crippen LogP contribution in [0.2, 0.25) is 0 Å². The van der Waals surface area contributed by atoms with Gasteiger partial charge in [-0.3, -0.25) is 34.9 Å². The van der Waals surface area contributed by atoms with Crippen molar-refractivity contribution in [2.75, 3.05) is 4.90 Å². The van der Waals surface area contributed by atoms with Gasteiger partial charge >= 0.3 is 0 Å². The van der Waals surface area contributed by atoms with Crippen LogP contribution in [0, 0.1) is 5.82 Å². The number of hydrazine groups is 1. The molecule has 2 aromatic carbocycles. The number of hydrogen-bond acceptors (Lipinski definition) is 4. The fourth-order valence-electron chi connectivity index (χ4n) is 2.51. The largest absolute Gasteiger partial charge is 0.274 e. The van der Waals surface area contributed by atoms with E-state index in [4.69, 9.17) is 0 Å². The van der Waals surface area contributed by atoms with Crippen LogP contribution in [-0.2, 0) is 9.59 Å². The summed E-state index contributed by atoms with van der Waals surface area (Å²) in [5.74, 6) is -2.36. The SMILES string of the molecule is O=C(NNC(=O)c1cccc(N2C(=O)CCC2=O)c1)c1ccc(F)cc1. The Kier molecular flexibility index (Phi) is 4.74. The van der Waals surface area contributed by atoms with Gasteiger partial charge in [-0.1, -0.05) is 6.07 Å². The molecule has 0 bridgehead atoms. The van der Waals surface area contributed by atoms with Gasteiger partial charge in [0.25, 0.3) is 11.8 Å². The van der Waals surface area contributed by atoms with Crippen molar-refractivity contribution in [1.29, 1.82) is 0 Å². The number of carbonyl (C=O) groups is 4. The van der Waals surface area contributed by atoms with Crippen molar-refractivity contribution in [2.24, 2.45) is 0 Å². The van der Waals surface area contributed by atoms with Crippen molar-refractivity contribution in [3.63, 3.8) is 0 Å². The average molecular weight is 355 g/mol. The Bertz CT molecular complexity index is 880. The molecule has 1 fully saturated rings. The highest BCUT2D eigenvalue weighted by Crippen LogP contribution is 2.23. The van der Waals surface area contributed by atoms with Crippen molar-refractivity contribution in [3.8, 4) is 0 Å². The molecular formula is C18H14FN3O4. The van der Waals surface area contributed by atoms with Crippen molar-refractivity contribution in [1.82, 2.24) is 10.9 Å². The molecule has 132 valence electrons. The lowest BCUT2D eigenvalue weighted by molar-refractivity contribution is -0.121. The summed E-state index contributed by atoms with van der Waals surface area (Å²) >= 11 is 0. The quantitative estimate of drug-likeness (QED) is 0.645. The Balaban J connectivity index is 1.67. The molecule has 3 rings (SSSR count). The Morgan fingerprint density at radius 1 is 0.846 bits per heavy atom. The molecule has 0 aromatic heterocycles. The second-order valence-electron chi connectivity index (χ2n) is 5.59. The van der Waals surface area contributed by atoms with Gasteiger partial charge in [0.1, 0.15) is 5.82 Å². The molecule has 1 aliphatic heterocycles. The normalized spacial score (nSPS) is 13.7. The van der Waals surface area contributed by atoms with Crippen molar-refractivity contribution in [2.45, 2.75) is 12.8 Å².